The highest BCUT2D eigenvalue weighted by Crippen LogP contribution is 2.69. The van der Waals surface area contributed by atoms with E-state index in [-0.39, 0.29) is 0 Å². The molecule has 0 unspecified atom stereocenters. The number of hydrogen-bond donors (Lipinski definition) is 1. The van der Waals surface area contributed by atoms with Crippen LogP contribution in [0.2, 0.25) is 0 Å². The van der Waals surface area contributed by atoms with Gasteiger partial charge in [0.25, 0.3) is 0 Å². The molecule has 0 fully saturated rings. The molecule has 0 heterocycles. The van der Waals surface area contributed by atoms with Crippen molar-refractivity contribution in [3.8, 4) is 0 Å². The van der Waals surface area contributed by atoms with Crippen molar-refractivity contribution in [3.05, 3.63) is 0 Å². The molecule has 0 aromatic rings. The van der Waals surface area contributed by atoms with Gasteiger partial charge in [-0.05, 0) is 12.2 Å². The van der Waals surface area contributed by atoms with Crippen molar-refractivity contribution in [1.82, 2.24) is 0 Å². The topological polar surface area (TPSA) is 55.8 Å². The summed E-state index contributed by atoms with van der Waals surface area (Å²) in [5, 5.41) is 8.80. The van der Waals surface area contributed by atoms with Crippen LogP contribution in [0.5, 0.6) is 0 Å². The van der Waals surface area contributed by atoms with Gasteiger partial charge in [-0.3, -0.25) is 4.57 Å². The molecule has 66 valence electrons. The van der Waals surface area contributed by atoms with Crippen molar-refractivity contribution in [2.45, 2.75) is 0 Å². The number of aliphatic hydroxyl groups is 1. The summed E-state index contributed by atoms with van der Waals surface area (Å²) >= 11 is 5.58. The molecule has 0 spiro atoms. The zero-order valence-corrected chi connectivity index (χ0v) is 9.19. The highest BCUT2D eigenvalue weighted by atomic mass is 33.1. The summed E-state index contributed by atoms with van der Waals surface area (Å²) < 4.78 is 20.4. The van der Waals surface area contributed by atoms with Crippen LogP contribution in [0.3, 0.4) is 0 Å². The Bertz CT molecular complexity index is 173. The Morgan fingerprint density at radius 2 is 1.82 bits per heavy atom. The average molecular weight is 234 g/mol. The van der Waals surface area contributed by atoms with E-state index in [0.29, 0.717) is 23.3 Å². The first-order chi connectivity index (χ1) is 5.06. The van der Waals surface area contributed by atoms with Crippen molar-refractivity contribution < 1.29 is 18.0 Å². The van der Waals surface area contributed by atoms with Crippen molar-refractivity contribution in [2.24, 2.45) is 0 Å². The van der Waals surface area contributed by atoms with E-state index in [0.717, 1.165) is 0 Å². The summed E-state index contributed by atoms with van der Waals surface area (Å²) in [6.07, 6.45) is 0. The van der Waals surface area contributed by atoms with Gasteiger partial charge in [-0.25, -0.2) is 0 Å². The van der Waals surface area contributed by atoms with Gasteiger partial charge in [-0.15, -0.1) is 0 Å². The molecule has 0 rings (SSSR count). The van der Waals surface area contributed by atoms with Gasteiger partial charge in [-0.1, -0.05) is 0 Å². The summed E-state index contributed by atoms with van der Waals surface area (Å²) in [6, 6.07) is 0. The number of rotatable bonds is 5. The van der Waals surface area contributed by atoms with Crippen LogP contribution in [0.4, 0.5) is 0 Å². The summed E-state index contributed by atoms with van der Waals surface area (Å²) in [6.45, 7) is 0. The van der Waals surface area contributed by atoms with Gasteiger partial charge in [0.1, 0.15) is 0 Å². The maximum Gasteiger partial charge on any atom is 0.314 e. The molecule has 8 heteroatoms. The van der Waals surface area contributed by atoms with Gasteiger partial charge in [-0.2, -0.15) is 0 Å². The Morgan fingerprint density at radius 3 is 2.00 bits per heavy atom. The SMILES string of the molecule is COSP(=O)(SOC)C(O)=S. The molecule has 0 aromatic carbocycles. The number of aliphatic hydroxyl groups excluding tert-OH is 1. The minimum atomic E-state index is -3.12. The average Bonchev–Trinajstić information content (AvgIpc) is 1.88. The van der Waals surface area contributed by atoms with E-state index < -0.39 is 10.3 Å². The van der Waals surface area contributed by atoms with Crippen LogP contribution < -0.4 is 0 Å². The fourth-order valence-corrected chi connectivity index (χ4v) is 4.32. The van der Waals surface area contributed by atoms with E-state index >= 15 is 0 Å². The normalized spacial score (nSPS) is 11.5. The van der Waals surface area contributed by atoms with Crippen LogP contribution >= 0.6 is 41.1 Å². The number of hydrogen-bond acceptors (Lipinski definition) is 6. The van der Waals surface area contributed by atoms with Gasteiger partial charge >= 0.3 is 5.55 Å². The van der Waals surface area contributed by atoms with E-state index in [4.69, 9.17) is 5.11 Å². The largest absolute Gasteiger partial charge is 0.495 e. The Kier molecular flexibility index (Phi) is 5.76. The molecule has 0 bridgehead atoms. The fourth-order valence-electron chi connectivity index (χ4n) is 0.272. The van der Waals surface area contributed by atoms with Crippen LogP contribution in [0, 0.1) is 0 Å². The minimum absolute atomic E-state index is 0.587. The van der Waals surface area contributed by atoms with Crippen molar-refractivity contribution in [3.63, 3.8) is 0 Å². The molecule has 0 saturated heterocycles. The highest BCUT2D eigenvalue weighted by Gasteiger charge is 2.31. The molecule has 0 radical (unpaired) electrons. The monoisotopic (exact) mass is 234 g/mol. The summed E-state index contributed by atoms with van der Waals surface area (Å²) in [7, 11) is 2.68. The third-order valence-corrected chi connectivity index (χ3v) is 7.41. The molecule has 4 nitrogen and oxygen atoms in total. The molecule has 0 aliphatic rings. The molecule has 0 amide bonds. The van der Waals surface area contributed by atoms with Crippen LogP contribution in [0.1, 0.15) is 0 Å². The first-order valence-corrected chi connectivity index (χ1v) is 7.16. The summed E-state index contributed by atoms with van der Waals surface area (Å²) in [5.74, 6) is 0. The molecule has 0 aliphatic carbocycles. The molecule has 0 saturated carbocycles. The Balaban J connectivity index is 4.27. The fraction of sp³-hybridized carbons (Fsp3) is 0.667. The molecular weight excluding hydrogens is 227 g/mol. The minimum Gasteiger partial charge on any atom is -0.495 e. The van der Waals surface area contributed by atoms with E-state index in [1.807, 2.05) is 0 Å². The second-order valence-electron chi connectivity index (χ2n) is 1.26. The standard InChI is InChI=1S/C3H7O4PS3/c1-6-10-8(5,3(4)9)11-7-2/h1-2H3,(H,4,9). The van der Waals surface area contributed by atoms with Crippen LogP contribution in [0.15, 0.2) is 0 Å². The Hall–Kier alpha value is 0.740. The van der Waals surface area contributed by atoms with E-state index in [2.05, 4.69) is 20.6 Å². The lowest BCUT2D eigenvalue weighted by molar-refractivity contribution is 0.489. The highest BCUT2D eigenvalue weighted by molar-refractivity contribution is 8.93. The molecular formula is C3H7O4PS3. The van der Waals surface area contributed by atoms with Gasteiger partial charge in [0, 0.05) is 0 Å². The second kappa shape index (κ2) is 5.40. The third kappa shape index (κ3) is 3.78. The smallest absolute Gasteiger partial charge is 0.314 e. The third-order valence-electron chi connectivity index (χ3n) is 0.580. The predicted octanol–water partition coefficient (Wildman–Crippen LogP) is 2.61. The lowest BCUT2D eigenvalue weighted by Gasteiger charge is -2.08. The predicted molar refractivity (Wildman–Crippen MR) is 52.0 cm³/mol. The molecule has 11 heavy (non-hydrogen) atoms. The Morgan fingerprint density at radius 1 is 1.45 bits per heavy atom. The first kappa shape index (κ1) is 11.7. The lowest BCUT2D eigenvalue weighted by atomic mass is 11.7. The Labute approximate surface area is 78.3 Å². The van der Waals surface area contributed by atoms with Crippen LogP contribution in [-0.4, -0.2) is 24.1 Å². The quantitative estimate of drug-likeness (QED) is 0.445. The number of thiocarbonyl (C=S) groups is 1. The van der Waals surface area contributed by atoms with Gasteiger partial charge in [0.05, 0.1) is 37.5 Å². The molecule has 1 N–H and O–H groups in total. The van der Waals surface area contributed by atoms with E-state index in [1.54, 1.807) is 0 Å². The maximum atomic E-state index is 11.4. The maximum absolute atomic E-state index is 11.4. The summed E-state index contributed by atoms with van der Waals surface area (Å²) in [4.78, 5) is -0.587. The van der Waals surface area contributed by atoms with Crippen LogP contribution in [0.25, 0.3) is 0 Å². The van der Waals surface area contributed by atoms with E-state index in [1.165, 1.54) is 14.2 Å². The van der Waals surface area contributed by atoms with Gasteiger partial charge in [0.15, 0.2) is 0 Å². The summed E-state index contributed by atoms with van der Waals surface area (Å²) in [5.41, 5.74) is -3.12. The molecule has 0 atom stereocenters. The van der Waals surface area contributed by atoms with Gasteiger partial charge in [0.2, 0.25) is 4.79 Å². The van der Waals surface area contributed by atoms with Crippen molar-refractivity contribution in [1.29, 1.82) is 0 Å². The van der Waals surface area contributed by atoms with Crippen LogP contribution in [-0.2, 0) is 12.9 Å². The van der Waals surface area contributed by atoms with E-state index in [9.17, 15) is 4.57 Å². The zero-order chi connectivity index (χ0) is 8.91. The van der Waals surface area contributed by atoms with Crippen molar-refractivity contribution >= 4 is 45.9 Å². The van der Waals surface area contributed by atoms with Gasteiger partial charge < -0.3 is 13.5 Å². The lowest BCUT2D eigenvalue weighted by Crippen LogP contribution is -1.88. The molecule has 0 aliphatic heterocycles. The van der Waals surface area contributed by atoms with Crippen molar-refractivity contribution in [2.75, 3.05) is 14.2 Å². The first-order valence-electron chi connectivity index (χ1n) is 2.35. The molecule has 0 aromatic heterocycles. The zero-order valence-electron chi connectivity index (χ0n) is 5.84. The second-order valence-corrected chi connectivity index (χ2v) is 9.01.